The lowest BCUT2D eigenvalue weighted by molar-refractivity contribution is 0.563. The summed E-state index contributed by atoms with van der Waals surface area (Å²) in [4.78, 5) is 5.42. The first-order valence-corrected chi connectivity index (χ1v) is 19.5. The largest absolute Gasteiger partial charge is 0.224 e. The molecule has 1 aromatic heterocycles. The highest BCUT2D eigenvalue weighted by Gasteiger charge is 2.53. The molecule has 0 atom stereocenters. The maximum absolute atomic E-state index is 5.42. The fraction of sp³-hybridized carbons (Fsp3) is 0.0755. The van der Waals surface area contributed by atoms with Gasteiger partial charge in [0.2, 0.25) is 0 Å². The number of rotatable bonds is 3. The van der Waals surface area contributed by atoms with Gasteiger partial charge >= 0.3 is 0 Å². The van der Waals surface area contributed by atoms with Crippen LogP contribution in [-0.4, -0.2) is 15.2 Å². The second-order valence-corrected chi connectivity index (χ2v) is 15.9. The van der Waals surface area contributed by atoms with Crippen molar-refractivity contribution in [2.75, 3.05) is 0 Å². The summed E-state index contributed by atoms with van der Waals surface area (Å²) in [7, 11) is 0. The van der Waals surface area contributed by atoms with E-state index in [1.807, 2.05) is 6.07 Å². The molecule has 1 heterocycles. The highest BCUT2D eigenvalue weighted by atomic mass is 15.2. The van der Waals surface area contributed by atoms with Crippen molar-refractivity contribution in [3.05, 3.63) is 209 Å². The Morgan fingerprint density at radius 2 is 0.911 bits per heavy atom. The Labute approximate surface area is 326 Å². The van der Waals surface area contributed by atoms with Crippen LogP contribution in [0.15, 0.2) is 176 Å². The molecule has 3 aliphatic carbocycles. The van der Waals surface area contributed by atoms with Gasteiger partial charge in [0.05, 0.1) is 5.41 Å². The molecule has 3 aliphatic rings. The normalized spacial score (nSPS) is 14.5. The Bertz CT molecular complexity index is 3050. The fourth-order valence-corrected chi connectivity index (χ4v) is 10.4. The molecule has 0 unspecified atom stereocenters. The van der Waals surface area contributed by atoms with Crippen molar-refractivity contribution in [1.29, 1.82) is 0 Å². The van der Waals surface area contributed by atoms with E-state index in [1.54, 1.807) is 0 Å². The molecular weight excluding hydrogens is 679 g/mol. The molecule has 0 saturated heterocycles. The van der Waals surface area contributed by atoms with E-state index in [0.717, 1.165) is 33.5 Å². The third-order valence-corrected chi connectivity index (χ3v) is 12.8. The third kappa shape index (κ3) is 3.99. The molecule has 0 amide bonds. The number of benzene rings is 8. The van der Waals surface area contributed by atoms with Gasteiger partial charge in [-0.2, -0.15) is 0 Å². The molecule has 3 heteroatoms. The van der Waals surface area contributed by atoms with Crippen molar-refractivity contribution < 1.29 is 0 Å². The third-order valence-electron chi connectivity index (χ3n) is 12.8. The molecule has 0 fully saturated rings. The summed E-state index contributed by atoms with van der Waals surface area (Å²) in [5.74, 6) is 0.615. The molecule has 0 bridgehead atoms. The van der Waals surface area contributed by atoms with Gasteiger partial charge in [0.1, 0.15) is 11.4 Å². The van der Waals surface area contributed by atoms with E-state index in [4.69, 9.17) is 15.2 Å². The van der Waals surface area contributed by atoms with E-state index in [-0.39, 0.29) is 5.41 Å². The zero-order chi connectivity index (χ0) is 37.2. The van der Waals surface area contributed by atoms with Crippen molar-refractivity contribution in [3.8, 4) is 67.3 Å². The number of hydrogen-bond acceptors (Lipinski definition) is 3. The van der Waals surface area contributed by atoms with Crippen LogP contribution in [0.4, 0.5) is 0 Å². The summed E-state index contributed by atoms with van der Waals surface area (Å²) in [6, 6.07) is 64.1. The first-order chi connectivity index (χ1) is 27.5. The Kier molecular flexibility index (Phi) is 6.32. The highest BCUT2D eigenvalue weighted by Crippen LogP contribution is 2.62. The molecule has 3 nitrogen and oxygen atoms in total. The Balaban J connectivity index is 1.08. The molecule has 12 rings (SSSR count). The lowest BCUT2D eigenvalue weighted by atomic mass is 9.55. The Hall–Kier alpha value is -6.97. The zero-order valence-corrected chi connectivity index (χ0v) is 31.1. The summed E-state index contributed by atoms with van der Waals surface area (Å²) >= 11 is 0. The van der Waals surface area contributed by atoms with Crippen molar-refractivity contribution >= 4 is 10.8 Å². The fourth-order valence-electron chi connectivity index (χ4n) is 10.4. The van der Waals surface area contributed by atoms with Crippen LogP contribution in [0, 0.1) is 0 Å². The van der Waals surface area contributed by atoms with Gasteiger partial charge in [-0.05, 0) is 83.6 Å². The van der Waals surface area contributed by atoms with E-state index in [1.165, 1.54) is 72.1 Å². The minimum atomic E-state index is -0.444. The average Bonchev–Trinajstić information content (AvgIpc) is 3.75. The van der Waals surface area contributed by atoms with Crippen LogP contribution in [0.1, 0.15) is 47.2 Å². The van der Waals surface area contributed by atoms with E-state index in [0.29, 0.717) is 5.82 Å². The quantitative estimate of drug-likeness (QED) is 0.183. The maximum Gasteiger partial charge on any atom is 0.182 e. The monoisotopic (exact) mass is 713 g/mol. The predicted molar refractivity (Wildman–Crippen MR) is 228 cm³/mol. The molecule has 0 radical (unpaired) electrons. The zero-order valence-electron chi connectivity index (χ0n) is 31.1. The summed E-state index contributed by atoms with van der Waals surface area (Å²) in [6.45, 7) is 4.72. The summed E-state index contributed by atoms with van der Waals surface area (Å²) in [5.41, 5.74) is 19.5. The summed E-state index contributed by atoms with van der Waals surface area (Å²) in [5, 5.41) is 12.5. The average molecular weight is 714 g/mol. The van der Waals surface area contributed by atoms with Gasteiger partial charge in [0, 0.05) is 22.1 Å². The molecule has 0 aliphatic heterocycles. The molecule has 9 aromatic rings. The first-order valence-electron chi connectivity index (χ1n) is 19.5. The maximum atomic E-state index is 5.42. The van der Waals surface area contributed by atoms with Crippen LogP contribution in [0.2, 0.25) is 0 Å². The number of fused-ring (bicyclic) bond motifs is 12. The van der Waals surface area contributed by atoms with Gasteiger partial charge in [-0.25, -0.2) is 4.98 Å². The molecule has 8 aromatic carbocycles. The van der Waals surface area contributed by atoms with Crippen molar-refractivity contribution in [2.45, 2.75) is 24.7 Å². The van der Waals surface area contributed by atoms with Crippen LogP contribution in [0.5, 0.6) is 0 Å². The van der Waals surface area contributed by atoms with Crippen LogP contribution in [-0.2, 0) is 10.8 Å². The van der Waals surface area contributed by atoms with Crippen molar-refractivity contribution in [2.24, 2.45) is 0 Å². The SMILES string of the molecule is CC1(C)c2ccccc2C2(c3ccccc3-c3ccccc32)c2ccc(-c3nnc(-c4ccc5c6c(cccc46)-c4ccccc4-5)c(-c4ccccc4)n3)cc21. The topological polar surface area (TPSA) is 38.7 Å². The predicted octanol–water partition coefficient (Wildman–Crippen LogP) is 12.7. The van der Waals surface area contributed by atoms with Crippen LogP contribution in [0.3, 0.4) is 0 Å². The van der Waals surface area contributed by atoms with Gasteiger partial charge < -0.3 is 0 Å². The van der Waals surface area contributed by atoms with Gasteiger partial charge in [-0.15, -0.1) is 10.2 Å². The van der Waals surface area contributed by atoms with Gasteiger partial charge in [0.15, 0.2) is 5.82 Å². The number of nitrogens with zero attached hydrogens (tertiary/aromatic N) is 3. The van der Waals surface area contributed by atoms with E-state index < -0.39 is 5.41 Å². The minimum Gasteiger partial charge on any atom is -0.224 e. The molecule has 262 valence electrons. The first kappa shape index (κ1) is 31.4. The van der Waals surface area contributed by atoms with E-state index in [2.05, 4.69) is 184 Å². The highest BCUT2D eigenvalue weighted by molar-refractivity contribution is 6.18. The summed E-state index contributed by atoms with van der Waals surface area (Å²) < 4.78 is 0. The van der Waals surface area contributed by atoms with E-state index >= 15 is 0 Å². The van der Waals surface area contributed by atoms with Crippen LogP contribution < -0.4 is 0 Å². The van der Waals surface area contributed by atoms with Crippen molar-refractivity contribution in [1.82, 2.24) is 15.2 Å². The number of hydrogen-bond donors (Lipinski definition) is 0. The van der Waals surface area contributed by atoms with Gasteiger partial charge in [-0.1, -0.05) is 184 Å². The molecule has 56 heavy (non-hydrogen) atoms. The Morgan fingerprint density at radius 1 is 0.357 bits per heavy atom. The van der Waals surface area contributed by atoms with Gasteiger partial charge in [-0.3, -0.25) is 0 Å². The second-order valence-electron chi connectivity index (χ2n) is 15.9. The van der Waals surface area contributed by atoms with Crippen LogP contribution in [0.25, 0.3) is 78.1 Å². The minimum absolute atomic E-state index is 0.280. The number of aromatic nitrogens is 3. The smallest absolute Gasteiger partial charge is 0.182 e. The second kappa shape index (κ2) is 11.3. The molecule has 0 saturated carbocycles. The molecular formula is C53H35N3. The lowest BCUT2D eigenvalue weighted by Crippen LogP contribution is -2.40. The molecule has 0 N–H and O–H groups in total. The van der Waals surface area contributed by atoms with Crippen LogP contribution >= 0.6 is 0 Å². The lowest BCUT2D eigenvalue weighted by Gasteiger charge is -2.46. The van der Waals surface area contributed by atoms with Gasteiger partial charge in [0.25, 0.3) is 0 Å². The van der Waals surface area contributed by atoms with E-state index in [9.17, 15) is 0 Å². The van der Waals surface area contributed by atoms with Crippen molar-refractivity contribution in [3.63, 3.8) is 0 Å². The summed E-state index contributed by atoms with van der Waals surface area (Å²) in [6.07, 6.45) is 0. The molecule has 1 spiro atoms. The Morgan fingerprint density at radius 3 is 1.62 bits per heavy atom. The standard InChI is InChI=1S/C53H35N3/c1-52(2)44-25-12-13-26-45(44)53(42-23-10-8-19-36(42)37-20-9-11-24-43(37)53)46-30-27-33(31-47(46)52)51-54-49(32-15-4-3-5-16-32)50(55-56-51)41-29-28-40-35-18-7-6-17-34(35)38-21-14-22-39(41)48(38)40/h3-31H,1-2H3.